The molecule has 0 aliphatic heterocycles. The summed E-state index contributed by atoms with van der Waals surface area (Å²) in [6.07, 6.45) is 5.50. The van der Waals surface area contributed by atoms with Gasteiger partial charge in [-0.1, -0.05) is 24.3 Å². The van der Waals surface area contributed by atoms with Crippen molar-refractivity contribution in [3.8, 4) is 0 Å². The molecule has 0 bridgehead atoms. The van der Waals surface area contributed by atoms with Crippen molar-refractivity contribution in [3.63, 3.8) is 0 Å². The maximum atomic E-state index is 14.0. The number of methoxy groups -OCH3 is 1. The number of ether oxygens (including phenoxy) is 1. The van der Waals surface area contributed by atoms with Crippen molar-refractivity contribution in [1.82, 2.24) is 9.80 Å². The fourth-order valence-corrected chi connectivity index (χ4v) is 3.59. The van der Waals surface area contributed by atoms with Crippen molar-refractivity contribution >= 4 is 23.7 Å². The van der Waals surface area contributed by atoms with Crippen LogP contribution in [-0.4, -0.2) is 49.4 Å². The molecule has 0 saturated carbocycles. The number of nitrogens with zero attached hydrogens (tertiary/aromatic N) is 2. The number of carbonyl (C=O) groups is 2. The number of rotatable bonds is 10. The lowest BCUT2D eigenvalue weighted by molar-refractivity contribution is -0.116. The number of halogens is 1. The van der Waals surface area contributed by atoms with Crippen molar-refractivity contribution in [2.45, 2.75) is 13.0 Å². The minimum Gasteiger partial charge on any atom is -0.397 e. The van der Waals surface area contributed by atoms with E-state index in [0.717, 1.165) is 17.7 Å². The Kier molecular flexibility index (Phi) is 8.59. The number of hydrogen-bond donors (Lipinski definition) is 2. The second-order valence-electron chi connectivity index (χ2n) is 7.84. The van der Waals surface area contributed by atoms with E-state index in [9.17, 15) is 14.0 Å². The van der Waals surface area contributed by atoms with Crippen LogP contribution in [0.1, 0.15) is 22.3 Å². The van der Waals surface area contributed by atoms with Gasteiger partial charge in [0.2, 0.25) is 6.41 Å². The smallest absolute Gasteiger partial charge is 0.255 e. The summed E-state index contributed by atoms with van der Waals surface area (Å²) in [5.41, 5.74) is 9.83. The van der Waals surface area contributed by atoms with Crippen LogP contribution >= 0.6 is 0 Å². The molecule has 2 amide bonds. The molecule has 0 fully saturated rings. The van der Waals surface area contributed by atoms with Gasteiger partial charge >= 0.3 is 0 Å². The summed E-state index contributed by atoms with van der Waals surface area (Å²) in [6.45, 7) is 1.22. The van der Waals surface area contributed by atoms with Crippen molar-refractivity contribution in [3.05, 3.63) is 95.1 Å². The predicted octanol–water partition coefficient (Wildman–Crippen LogP) is 4.08. The molecule has 1 aliphatic carbocycles. The standard InChI is InChI=1S/C26H29FN4O3/c1-30(24-13-11-21(27)12-14-25(24)31(18-32)15-16-34-2)17-19-7-9-20(10-8-19)26(33)29-23-6-4-3-5-22(23)28/h3-12,14,18H,13,15-17,28H2,1-2H3,(H,29,33). The van der Waals surface area contributed by atoms with E-state index in [-0.39, 0.29) is 11.7 Å². The van der Waals surface area contributed by atoms with Gasteiger partial charge in [0.1, 0.15) is 5.83 Å². The fraction of sp³-hybridized carbons (Fsp3) is 0.231. The van der Waals surface area contributed by atoms with E-state index in [0.29, 0.717) is 48.8 Å². The zero-order valence-electron chi connectivity index (χ0n) is 19.3. The zero-order chi connectivity index (χ0) is 24.5. The Hall–Kier alpha value is -3.91. The van der Waals surface area contributed by atoms with Crippen LogP contribution in [0.4, 0.5) is 15.8 Å². The van der Waals surface area contributed by atoms with Crippen LogP contribution in [0.15, 0.2) is 84.0 Å². The number of benzene rings is 2. The second-order valence-corrected chi connectivity index (χ2v) is 7.84. The number of anilines is 2. The van der Waals surface area contributed by atoms with E-state index in [1.165, 1.54) is 17.1 Å². The van der Waals surface area contributed by atoms with Crippen LogP contribution in [0.25, 0.3) is 0 Å². The second kappa shape index (κ2) is 11.8. The Morgan fingerprint density at radius 1 is 1.18 bits per heavy atom. The van der Waals surface area contributed by atoms with E-state index in [1.807, 2.05) is 24.1 Å². The molecule has 3 N–H and O–H groups in total. The summed E-state index contributed by atoms with van der Waals surface area (Å²) in [7, 11) is 3.45. The van der Waals surface area contributed by atoms with Gasteiger partial charge in [-0.3, -0.25) is 9.59 Å². The molecule has 0 atom stereocenters. The summed E-state index contributed by atoms with van der Waals surface area (Å²) < 4.78 is 19.0. The Bertz CT molecular complexity index is 1110. The predicted molar refractivity (Wildman–Crippen MR) is 131 cm³/mol. The first-order chi connectivity index (χ1) is 16.4. The van der Waals surface area contributed by atoms with Crippen LogP contribution in [-0.2, 0) is 16.1 Å². The Labute approximate surface area is 199 Å². The molecule has 8 heteroatoms. The highest BCUT2D eigenvalue weighted by molar-refractivity contribution is 6.05. The van der Waals surface area contributed by atoms with Gasteiger partial charge in [-0.2, -0.15) is 0 Å². The highest BCUT2D eigenvalue weighted by Crippen LogP contribution is 2.25. The minimum absolute atomic E-state index is 0.253. The monoisotopic (exact) mass is 464 g/mol. The number of amides is 2. The van der Waals surface area contributed by atoms with Crippen LogP contribution in [0.3, 0.4) is 0 Å². The van der Waals surface area contributed by atoms with Gasteiger partial charge < -0.3 is 25.6 Å². The topological polar surface area (TPSA) is 87.9 Å². The van der Waals surface area contributed by atoms with Crippen LogP contribution < -0.4 is 11.1 Å². The van der Waals surface area contributed by atoms with E-state index < -0.39 is 0 Å². The quantitative estimate of drug-likeness (QED) is 0.409. The SMILES string of the molecule is COCCN(C=O)C1=C(N(C)Cc2ccc(C(=O)Nc3ccccc3N)cc2)CC=C(F)C=C1. The molecule has 0 unspecified atom stereocenters. The first kappa shape index (κ1) is 24.7. The molecule has 0 spiro atoms. The zero-order valence-corrected chi connectivity index (χ0v) is 19.3. The fourth-order valence-electron chi connectivity index (χ4n) is 3.59. The van der Waals surface area contributed by atoms with Crippen LogP contribution in [0.2, 0.25) is 0 Å². The number of nitrogens with two attached hydrogens (primary N) is 1. The van der Waals surface area contributed by atoms with Crippen LogP contribution in [0, 0.1) is 0 Å². The molecular formula is C26H29FN4O3. The van der Waals surface area contributed by atoms with Crippen molar-refractivity contribution < 1.29 is 18.7 Å². The number of hydrogen-bond acceptors (Lipinski definition) is 5. The summed E-state index contributed by atoms with van der Waals surface area (Å²) >= 11 is 0. The number of nitrogen functional groups attached to an aromatic ring is 1. The molecule has 0 heterocycles. The van der Waals surface area contributed by atoms with Gasteiger partial charge in [0.25, 0.3) is 5.91 Å². The molecule has 3 rings (SSSR count). The molecule has 2 aromatic rings. The number of para-hydroxylation sites is 2. The molecule has 34 heavy (non-hydrogen) atoms. The third-order valence-electron chi connectivity index (χ3n) is 5.47. The number of allylic oxidation sites excluding steroid dienone is 4. The Morgan fingerprint density at radius 2 is 1.91 bits per heavy atom. The van der Waals surface area contributed by atoms with Crippen molar-refractivity contribution in [1.29, 1.82) is 0 Å². The molecule has 1 aliphatic rings. The van der Waals surface area contributed by atoms with E-state index in [2.05, 4.69) is 5.32 Å². The lowest BCUT2D eigenvalue weighted by Gasteiger charge is -2.28. The summed E-state index contributed by atoms with van der Waals surface area (Å²) in [5, 5.41) is 2.81. The van der Waals surface area contributed by atoms with E-state index in [1.54, 1.807) is 49.6 Å². The molecule has 0 radical (unpaired) electrons. The average molecular weight is 465 g/mol. The summed E-state index contributed by atoms with van der Waals surface area (Å²) in [6, 6.07) is 14.3. The first-order valence-electron chi connectivity index (χ1n) is 10.9. The van der Waals surface area contributed by atoms with Gasteiger partial charge in [0, 0.05) is 44.9 Å². The lowest BCUT2D eigenvalue weighted by Crippen LogP contribution is -2.29. The molecule has 0 aromatic heterocycles. The molecule has 7 nitrogen and oxygen atoms in total. The molecule has 178 valence electrons. The normalized spacial score (nSPS) is 13.2. The van der Waals surface area contributed by atoms with Gasteiger partial charge in [0.05, 0.1) is 23.7 Å². The van der Waals surface area contributed by atoms with E-state index in [4.69, 9.17) is 10.5 Å². The number of nitrogens with one attached hydrogen (secondary N) is 1. The maximum absolute atomic E-state index is 14.0. The molecule has 2 aromatic carbocycles. The maximum Gasteiger partial charge on any atom is 0.255 e. The van der Waals surface area contributed by atoms with Gasteiger partial charge in [-0.25, -0.2) is 4.39 Å². The minimum atomic E-state index is -0.354. The van der Waals surface area contributed by atoms with Crippen molar-refractivity contribution in [2.24, 2.45) is 0 Å². The average Bonchev–Trinajstić information content (AvgIpc) is 3.03. The summed E-state index contributed by atoms with van der Waals surface area (Å²) in [5.74, 6) is -0.606. The van der Waals surface area contributed by atoms with Gasteiger partial charge in [0.15, 0.2) is 0 Å². The van der Waals surface area contributed by atoms with E-state index >= 15 is 0 Å². The number of carbonyl (C=O) groups excluding carboxylic acids is 2. The Morgan fingerprint density at radius 3 is 2.59 bits per heavy atom. The van der Waals surface area contributed by atoms with Gasteiger partial charge in [-0.15, -0.1) is 0 Å². The lowest BCUT2D eigenvalue weighted by atomic mass is 10.1. The van der Waals surface area contributed by atoms with Gasteiger partial charge in [-0.05, 0) is 48.1 Å². The molecular weight excluding hydrogens is 435 g/mol. The first-order valence-corrected chi connectivity index (χ1v) is 10.9. The van der Waals surface area contributed by atoms with Crippen LogP contribution in [0.5, 0.6) is 0 Å². The largest absolute Gasteiger partial charge is 0.397 e. The van der Waals surface area contributed by atoms with Crippen molar-refractivity contribution in [2.75, 3.05) is 38.4 Å². The Balaban J connectivity index is 1.75. The third-order valence-corrected chi connectivity index (χ3v) is 5.47. The highest BCUT2D eigenvalue weighted by Gasteiger charge is 2.18. The third kappa shape index (κ3) is 6.32. The molecule has 0 saturated heterocycles. The summed E-state index contributed by atoms with van der Waals surface area (Å²) in [4.78, 5) is 27.8. The highest BCUT2D eigenvalue weighted by atomic mass is 19.1.